The molecule has 0 spiro atoms. The maximum atomic E-state index is 14.5. The van der Waals surface area contributed by atoms with Crippen molar-refractivity contribution in [2.75, 3.05) is 26.9 Å². The quantitative estimate of drug-likeness (QED) is 0.0278. The van der Waals surface area contributed by atoms with Crippen LogP contribution >= 0.6 is 0 Å². The minimum absolute atomic E-state index is 0.0285. The summed E-state index contributed by atoms with van der Waals surface area (Å²) in [5, 5.41) is 3.08. The maximum absolute atomic E-state index is 14.5. The van der Waals surface area contributed by atoms with Gasteiger partial charge in [-0.2, -0.15) is 0 Å². The van der Waals surface area contributed by atoms with Gasteiger partial charge in [-0.05, 0) is 136 Å². The lowest BCUT2D eigenvalue weighted by molar-refractivity contribution is -0.313. The number of amides is 1. The van der Waals surface area contributed by atoms with Crippen molar-refractivity contribution in [3.8, 4) is 16.9 Å². The van der Waals surface area contributed by atoms with E-state index >= 15 is 0 Å². The molecule has 1 fully saturated rings. The maximum Gasteiger partial charge on any atom is 0.407 e. The molecule has 0 saturated carbocycles. The number of unbranched alkanes of at least 4 members (excludes halogenated alkanes) is 13. The number of ether oxygens (including phenoxy) is 9. The molecule has 0 radical (unpaired) electrons. The molecule has 0 bridgehead atoms. The lowest BCUT2D eigenvalue weighted by Crippen LogP contribution is -2.64. The van der Waals surface area contributed by atoms with Crippen LogP contribution < -0.4 is 10.1 Å². The van der Waals surface area contributed by atoms with Crippen LogP contribution in [0.5, 0.6) is 5.75 Å². The van der Waals surface area contributed by atoms with Crippen LogP contribution in [0.4, 0.5) is 4.79 Å². The topological polar surface area (TPSA) is 180 Å². The molecule has 1 N–H and O–H groups in total. The summed E-state index contributed by atoms with van der Waals surface area (Å²) in [6.07, 6.45) is 11.7. The van der Waals surface area contributed by atoms with E-state index in [1.165, 1.54) is 64.2 Å². The third-order valence-electron chi connectivity index (χ3n) is 15.0. The lowest BCUT2D eigenvalue weighted by atomic mass is 9.93. The van der Waals surface area contributed by atoms with Crippen LogP contribution in [0, 0.1) is 21.7 Å². The Labute approximate surface area is 502 Å². The SMILES string of the molecule is CCCCCCCCCCCCCCC/C=C/[C@@H](OCc1ccc(OC)cc1)[C@H](CO[C@@H]1O[C@H](COC(=O)C(C)(C)C)[C@H](OC(=O)C(C)(C)C)[C@H](OC(=O)C(C)(C)C)[C@H]1OC(=O)C(C)(C)C)NC(=O)OCC1c2ccccc2-c2ccccc21. The Balaban J connectivity index is 1.51. The van der Waals surface area contributed by atoms with Crippen molar-refractivity contribution in [2.45, 2.75) is 235 Å². The van der Waals surface area contributed by atoms with E-state index in [4.69, 9.17) is 42.6 Å². The van der Waals surface area contributed by atoms with Crippen LogP contribution in [0.2, 0.25) is 0 Å². The highest BCUT2D eigenvalue weighted by atomic mass is 16.7. The molecule has 1 aliphatic heterocycles. The van der Waals surface area contributed by atoms with Gasteiger partial charge in [-0.25, -0.2) is 4.79 Å². The molecule has 0 unspecified atom stereocenters. The number of esters is 4. The summed E-state index contributed by atoms with van der Waals surface area (Å²) in [4.78, 5) is 70.1. The van der Waals surface area contributed by atoms with Crippen LogP contribution in [0.15, 0.2) is 84.9 Å². The van der Waals surface area contributed by atoms with Gasteiger partial charge in [0.1, 0.15) is 25.1 Å². The molecule has 0 aromatic heterocycles. The molecule has 1 saturated heterocycles. The fraction of sp³-hybridized carbons (Fsp3) is 0.638. The molecule has 3 aromatic carbocycles. The van der Waals surface area contributed by atoms with Crippen LogP contribution in [-0.4, -0.2) is 99.8 Å². The number of methoxy groups -OCH3 is 1. The molecular formula is C69H101NO14. The van der Waals surface area contributed by atoms with Crippen molar-refractivity contribution >= 4 is 30.0 Å². The second-order valence-electron chi connectivity index (χ2n) is 26.7. The lowest BCUT2D eigenvalue weighted by Gasteiger charge is -2.46. The molecule has 1 aliphatic carbocycles. The smallest absolute Gasteiger partial charge is 0.407 e. The van der Waals surface area contributed by atoms with Crippen molar-refractivity contribution in [1.82, 2.24) is 5.32 Å². The number of allylic oxidation sites excluding steroid dienone is 1. The van der Waals surface area contributed by atoms with E-state index in [-0.39, 0.29) is 25.7 Å². The normalized spacial score (nSPS) is 19.0. The average Bonchev–Trinajstić information content (AvgIpc) is 1.94. The molecule has 5 rings (SSSR count). The van der Waals surface area contributed by atoms with Gasteiger partial charge in [0, 0.05) is 5.92 Å². The highest BCUT2D eigenvalue weighted by Gasteiger charge is 2.55. The summed E-state index contributed by atoms with van der Waals surface area (Å²) in [6, 6.07) is 22.7. The molecular weight excluding hydrogens is 1070 g/mol. The standard InChI is InChI=1S/C69H101NO14/c1-15-16-17-18-19-20-21-22-23-24-25-26-27-28-29-38-55(77-43-47-39-41-48(76-14)42-40-47)54(70-65(75)80-44-53-51-36-32-30-34-49(51)50-35-31-33-37-52(50)53)45-78-60-59(84-64(74)69(11,12)13)58(83-63(73)68(8,9)10)57(82-62(72)67(5,6)7)56(81-60)46-79-61(71)66(2,3)4/h29-42,53-60H,15-28,43-46H2,1-14H3,(H,70,75)/b38-29+/t54-,55+,56+,57-,58-,59+,60+/m0/s1. The number of rotatable bonds is 31. The van der Waals surface area contributed by atoms with E-state index in [9.17, 15) is 24.0 Å². The number of carbonyl (C=O) groups is 5. The third-order valence-corrected chi connectivity index (χ3v) is 15.0. The van der Waals surface area contributed by atoms with E-state index in [0.717, 1.165) is 53.5 Å². The first-order chi connectivity index (χ1) is 39.7. The van der Waals surface area contributed by atoms with E-state index in [1.807, 2.05) is 66.7 Å². The van der Waals surface area contributed by atoms with Crippen LogP contribution in [-0.2, 0) is 63.7 Å². The van der Waals surface area contributed by atoms with Crippen LogP contribution in [0.3, 0.4) is 0 Å². The van der Waals surface area contributed by atoms with Gasteiger partial charge in [-0.15, -0.1) is 0 Å². The minimum atomic E-state index is -1.58. The highest BCUT2D eigenvalue weighted by molar-refractivity contribution is 5.80. The van der Waals surface area contributed by atoms with Gasteiger partial charge in [0.2, 0.25) is 0 Å². The molecule has 3 aromatic rings. The van der Waals surface area contributed by atoms with Crippen LogP contribution in [0.25, 0.3) is 11.1 Å². The van der Waals surface area contributed by atoms with Gasteiger partial charge >= 0.3 is 30.0 Å². The average molecular weight is 1170 g/mol. The molecule has 7 atom stereocenters. The number of hydrogen-bond acceptors (Lipinski definition) is 14. The first-order valence-corrected chi connectivity index (χ1v) is 30.8. The number of benzene rings is 3. The highest BCUT2D eigenvalue weighted by Crippen LogP contribution is 2.45. The Morgan fingerprint density at radius 1 is 0.560 bits per heavy atom. The Bertz CT molecular complexity index is 2520. The Morgan fingerprint density at radius 3 is 1.54 bits per heavy atom. The summed E-state index contributed by atoms with van der Waals surface area (Å²) in [5.41, 5.74) is 0.905. The summed E-state index contributed by atoms with van der Waals surface area (Å²) in [5.74, 6) is -2.23. The summed E-state index contributed by atoms with van der Waals surface area (Å²) >= 11 is 0. The van der Waals surface area contributed by atoms with Crippen molar-refractivity contribution in [3.63, 3.8) is 0 Å². The zero-order chi connectivity index (χ0) is 61.7. The number of nitrogens with one attached hydrogen (secondary N) is 1. The predicted octanol–water partition coefficient (Wildman–Crippen LogP) is 14.7. The van der Waals surface area contributed by atoms with Gasteiger partial charge in [-0.3, -0.25) is 19.2 Å². The number of carbonyl (C=O) groups excluding carboxylic acids is 5. The molecule has 2 aliphatic rings. The van der Waals surface area contributed by atoms with Crippen molar-refractivity contribution in [3.05, 3.63) is 102 Å². The molecule has 15 heteroatoms. The van der Waals surface area contributed by atoms with Crippen molar-refractivity contribution in [1.29, 1.82) is 0 Å². The fourth-order valence-corrected chi connectivity index (χ4v) is 9.76. The predicted molar refractivity (Wildman–Crippen MR) is 326 cm³/mol. The molecule has 1 heterocycles. The van der Waals surface area contributed by atoms with Crippen molar-refractivity contribution < 1.29 is 66.6 Å². The zero-order valence-corrected chi connectivity index (χ0v) is 53.1. The molecule has 84 heavy (non-hydrogen) atoms. The Morgan fingerprint density at radius 2 is 1.04 bits per heavy atom. The third kappa shape index (κ3) is 21.6. The number of alkyl carbamates (subject to hydrolysis) is 1. The largest absolute Gasteiger partial charge is 0.497 e. The van der Waals surface area contributed by atoms with Crippen molar-refractivity contribution in [2.24, 2.45) is 21.7 Å². The summed E-state index contributed by atoms with van der Waals surface area (Å²) < 4.78 is 56.5. The summed E-state index contributed by atoms with van der Waals surface area (Å²) in [6.45, 7) is 21.6. The Hall–Kier alpha value is -5.77. The van der Waals surface area contributed by atoms with E-state index in [0.29, 0.717) is 5.75 Å². The first-order valence-electron chi connectivity index (χ1n) is 30.8. The monoisotopic (exact) mass is 1170 g/mol. The summed E-state index contributed by atoms with van der Waals surface area (Å²) in [7, 11) is 1.60. The zero-order valence-electron chi connectivity index (χ0n) is 53.1. The van der Waals surface area contributed by atoms with Gasteiger partial charge in [0.25, 0.3) is 0 Å². The van der Waals surface area contributed by atoms with Gasteiger partial charge < -0.3 is 47.9 Å². The second kappa shape index (κ2) is 32.7. The van der Waals surface area contributed by atoms with E-state index in [2.05, 4.69) is 30.4 Å². The fourth-order valence-electron chi connectivity index (χ4n) is 9.76. The Kier molecular flexibility index (Phi) is 26.8. The minimum Gasteiger partial charge on any atom is -0.497 e. The van der Waals surface area contributed by atoms with Gasteiger partial charge in [0.15, 0.2) is 24.6 Å². The van der Waals surface area contributed by atoms with E-state index in [1.54, 1.807) is 90.2 Å². The number of fused-ring (bicyclic) bond motifs is 3. The molecule has 1 amide bonds. The second-order valence-corrected chi connectivity index (χ2v) is 26.7. The number of hydrogen-bond donors (Lipinski definition) is 1. The van der Waals surface area contributed by atoms with Gasteiger partial charge in [0.05, 0.1) is 54.1 Å². The van der Waals surface area contributed by atoms with E-state index < -0.39 is 101 Å². The van der Waals surface area contributed by atoms with Gasteiger partial charge in [-0.1, -0.05) is 157 Å². The molecule has 15 nitrogen and oxygen atoms in total. The first kappa shape index (κ1) is 69.0. The molecule has 466 valence electrons. The van der Waals surface area contributed by atoms with Crippen LogP contribution in [0.1, 0.15) is 203 Å².